The summed E-state index contributed by atoms with van der Waals surface area (Å²) in [6, 6.07) is 12.8. The zero-order chi connectivity index (χ0) is 25.4. The molecule has 1 aliphatic carbocycles. The van der Waals surface area contributed by atoms with Crippen molar-refractivity contribution in [3.8, 4) is 23.1 Å². The molecule has 1 saturated carbocycles. The molecular formula is C25H22ClFN6O3. The number of aromatic nitrogens is 2. The molecule has 11 heteroatoms. The molecule has 3 N–H and O–H groups in total. The number of hydrogen-bond acceptors (Lipinski definition) is 5. The Morgan fingerprint density at radius 3 is 2.61 bits per heavy atom. The fourth-order valence-electron chi connectivity index (χ4n) is 4.44. The Morgan fingerprint density at radius 1 is 1.19 bits per heavy atom. The maximum atomic E-state index is 13.6. The highest BCUT2D eigenvalue weighted by Gasteiger charge is 2.35. The van der Waals surface area contributed by atoms with Crippen molar-refractivity contribution < 1.29 is 18.7 Å². The number of nitrogens with two attached hydrogens (primary N) is 1. The Labute approximate surface area is 211 Å². The molecule has 0 saturated heterocycles. The van der Waals surface area contributed by atoms with Gasteiger partial charge in [-0.25, -0.2) is 9.18 Å². The molecule has 0 radical (unpaired) electrons. The minimum Gasteiger partial charge on any atom is -0.490 e. The van der Waals surface area contributed by atoms with E-state index in [-0.39, 0.29) is 35.3 Å². The molecule has 3 amide bonds. The number of benzene rings is 2. The van der Waals surface area contributed by atoms with Crippen LogP contribution in [0.5, 0.6) is 5.75 Å². The van der Waals surface area contributed by atoms with Gasteiger partial charge in [0.15, 0.2) is 0 Å². The van der Waals surface area contributed by atoms with Crippen LogP contribution in [0.1, 0.15) is 34.5 Å². The van der Waals surface area contributed by atoms with E-state index in [1.807, 2.05) is 0 Å². The van der Waals surface area contributed by atoms with Gasteiger partial charge in [0.1, 0.15) is 23.4 Å². The van der Waals surface area contributed by atoms with E-state index in [4.69, 9.17) is 27.3 Å². The number of nitriles is 1. The fourth-order valence-corrected chi connectivity index (χ4v) is 4.62. The summed E-state index contributed by atoms with van der Waals surface area (Å²) in [5, 5.41) is 16.3. The molecule has 3 aromatic rings. The molecule has 1 fully saturated rings. The van der Waals surface area contributed by atoms with Gasteiger partial charge in [0, 0.05) is 31.0 Å². The average Bonchev–Trinajstić information content (AvgIpc) is 3.24. The van der Waals surface area contributed by atoms with Crippen molar-refractivity contribution in [2.24, 2.45) is 5.73 Å². The summed E-state index contributed by atoms with van der Waals surface area (Å²) in [6.45, 7) is 0.942. The molecule has 0 unspecified atom stereocenters. The highest BCUT2D eigenvalue weighted by Crippen LogP contribution is 2.31. The van der Waals surface area contributed by atoms with Gasteiger partial charge in [0.05, 0.1) is 41.0 Å². The van der Waals surface area contributed by atoms with Gasteiger partial charge >= 0.3 is 6.03 Å². The number of urea groups is 1. The van der Waals surface area contributed by atoms with E-state index in [1.165, 1.54) is 18.2 Å². The Hall–Kier alpha value is -4.10. The number of primary amides is 1. The van der Waals surface area contributed by atoms with E-state index in [1.54, 1.807) is 33.8 Å². The summed E-state index contributed by atoms with van der Waals surface area (Å²) in [4.78, 5) is 26.9. The Balaban J connectivity index is 1.22. The van der Waals surface area contributed by atoms with Gasteiger partial charge in [0.25, 0.3) is 5.91 Å². The van der Waals surface area contributed by atoms with Crippen molar-refractivity contribution in [2.45, 2.75) is 38.1 Å². The quantitative estimate of drug-likeness (QED) is 0.546. The maximum Gasteiger partial charge on any atom is 0.318 e. The minimum absolute atomic E-state index is 0.0161. The third-order valence-electron chi connectivity index (χ3n) is 6.42. The molecule has 9 nitrogen and oxygen atoms in total. The molecule has 2 aromatic carbocycles. The van der Waals surface area contributed by atoms with Gasteiger partial charge in [-0.05, 0) is 42.5 Å². The first kappa shape index (κ1) is 23.6. The summed E-state index contributed by atoms with van der Waals surface area (Å²) in [5.41, 5.74) is 7.72. The molecule has 0 atom stereocenters. The molecule has 184 valence electrons. The lowest BCUT2D eigenvalue weighted by Crippen LogP contribution is -2.54. The first-order chi connectivity index (χ1) is 17.3. The first-order valence-corrected chi connectivity index (χ1v) is 11.8. The van der Waals surface area contributed by atoms with E-state index in [2.05, 4.69) is 16.5 Å². The number of ether oxygens (including phenoxy) is 1. The number of nitrogens with zero attached hydrogens (tertiary/aromatic N) is 4. The normalized spacial score (nSPS) is 18.5. The Kier molecular flexibility index (Phi) is 6.24. The summed E-state index contributed by atoms with van der Waals surface area (Å²) < 4.78 is 21.2. The number of carbonyl (C=O) groups is 2. The van der Waals surface area contributed by atoms with E-state index in [9.17, 15) is 14.0 Å². The number of nitrogens with one attached hydrogen (secondary N) is 1. The molecule has 2 heterocycles. The molecule has 5 rings (SSSR count). The van der Waals surface area contributed by atoms with Crippen molar-refractivity contribution >= 4 is 23.5 Å². The second kappa shape index (κ2) is 9.51. The fraction of sp³-hybridized carbons (Fsp3) is 0.280. The third kappa shape index (κ3) is 4.57. The van der Waals surface area contributed by atoms with Crippen LogP contribution in [0.3, 0.4) is 0 Å². The standard InChI is InChI=1S/C25H22ClFN6O3/c26-19-9-15(3-6-20(19)27)23-22(24(29)34)21-13-32(7-8-33(21)31-23)25(35)30-16-10-18(11-16)36-17-4-1-14(12-28)2-5-17/h1-6,9,16,18H,7-8,10-11,13H2,(H2,29,34)(H,30,35)/t16-,18-. The van der Waals surface area contributed by atoms with Gasteiger partial charge in [-0.15, -0.1) is 0 Å². The Morgan fingerprint density at radius 2 is 1.94 bits per heavy atom. The monoisotopic (exact) mass is 508 g/mol. The largest absolute Gasteiger partial charge is 0.490 e. The second-order valence-electron chi connectivity index (χ2n) is 8.80. The Bertz CT molecular complexity index is 1380. The minimum atomic E-state index is -0.684. The first-order valence-electron chi connectivity index (χ1n) is 11.4. The summed E-state index contributed by atoms with van der Waals surface area (Å²) in [6.07, 6.45) is 1.32. The van der Waals surface area contributed by atoms with Crippen LogP contribution < -0.4 is 15.8 Å². The van der Waals surface area contributed by atoms with Crippen LogP contribution in [0.25, 0.3) is 11.3 Å². The second-order valence-corrected chi connectivity index (χ2v) is 9.21. The van der Waals surface area contributed by atoms with Crippen molar-refractivity contribution in [3.63, 3.8) is 0 Å². The van der Waals surface area contributed by atoms with Crippen LogP contribution in [-0.2, 0) is 13.1 Å². The highest BCUT2D eigenvalue weighted by molar-refractivity contribution is 6.31. The number of fused-ring (bicyclic) bond motifs is 1. The number of hydrogen-bond donors (Lipinski definition) is 2. The van der Waals surface area contributed by atoms with Gasteiger partial charge in [-0.1, -0.05) is 11.6 Å². The summed E-state index contributed by atoms with van der Waals surface area (Å²) in [5.74, 6) is -0.575. The average molecular weight is 509 g/mol. The van der Waals surface area contributed by atoms with Crippen molar-refractivity contribution in [1.29, 1.82) is 5.26 Å². The predicted molar refractivity (Wildman–Crippen MR) is 129 cm³/mol. The van der Waals surface area contributed by atoms with Gasteiger partial charge in [0.2, 0.25) is 0 Å². The lowest BCUT2D eigenvalue weighted by Gasteiger charge is -2.37. The topological polar surface area (TPSA) is 126 Å². The zero-order valence-electron chi connectivity index (χ0n) is 19.1. The molecule has 1 aliphatic heterocycles. The molecule has 1 aromatic heterocycles. The van der Waals surface area contributed by atoms with E-state index < -0.39 is 11.7 Å². The lowest BCUT2D eigenvalue weighted by molar-refractivity contribution is 0.0832. The van der Waals surface area contributed by atoms with Crippen molar-refractivity contribution in [1.82, 2.24) is 20.0 Å². The lowest BCUT2D eigenvalue weighted by atomic mass is 9.89. The van der Waals surface area contributed by atoms with Gasteiger partial charge in [-0.2, -0.15) is 10.4 Å². The molecule has 36 heavy (non-hydrogen) atoms. The van der Waals surface area contributed by atoms with Crippen molar-refractivity contribution in [2.75, 3.05) is 6.54 Å². The number of halogens is 2. The highest BCUT2D eigenvalue weighted by atomic mass is 35.5. The summed E-state index contributed by atoms with van der Waals surface area (Å²) >= 11 is 5.92. The SMILES string of the molecule is N#Cc1ccc(O[C@H]2C[C@H](NC(=O)N3CCn4nc(-c5ccc(F)c(Cl)c5)c(C(N)=O)c4C3)C2)cc1. The van der Waals surface area contributed by atoms with Crippen LogP contribution in [0.4, 0.5) is 9.18 Å². The van der Waals surface area contributed by atoms with Crippen LogP contribution in [0, 0.1) is 17.1 Å². The molecule has 0 spiro atoms. The number of rotatable bonds is 5. The molecule has 0 bridgehead atoms. The van der Waals surface area contributed by atoms with E-state index in [0.717, 1.165) is 0 Å². The maximum absolute atomic E-state index is 13.6. The smallest absolute Gasteiger partial charge is 0.318 e. The number of amides is 3. The zero-order valence-corrected chi connectivity index (χ0v) is 19.8. The number of carbonyl (C=O) groups excluding carboxylic acids is 2. The molecular weight excluding hydrogens is 487 g/mol. The van der Waals surface area contributed by atoms with Crippen LogP contribution in [-0.4, -0.2) is 45.3 Å². The van der Waals surface area contributed by atoms with Gasteiger partial charge < -0.3 is 20.7 Å². The van der Waals surface area contributed by atoms with Crippen LogP contribution in [0.15, 0.2) is 42.5 Å². The van der Waals surface area contributed by atoms with E-state index >= 15 is 0 Å². The third-order valence-corrected chi connectivity index (χ3v) is 6.70. The van der Waals surface area contributed by atoms with Crippen molar-refractivity contribution in [3.05, 3.63) is 70.1 Å². The molecule has 2 aliphatic rings. The summed E-state index contributed by atoms with van der Waals surface area (Å²) in [7, 11) is 0. The predicted octanol–water partition coefficient (Wildman–Crippen LogP) is 3.45. The van der Waals surface area contributed by atoms with Gasteiger partial charge in [-0.3, -0.25) is 9.48 Å². The van der Waals surface area contributed by atoms with E-state index in [0.29, 0.717) is 54.2 Å². The van der Waals surface area contributed by atoms with Crippen LogP contribution >= 0.6 is 11.6 Å². The van der Waals surface area contributed by atoms with Crippen LogP contribution in [0.2, 0.25) is 5.02 Å².